The van der Waals surface area contributed by atoms with Gasteiger partial charge in [0, 0.05) is 11.4 Å². The fourth-order valence-corrected chi connectivity index (χ4v) is 4.15. The fourth-order valence-electron chi connectivity index (χ4n) is 2.07. The van der Waals surface area contributed by atoms with Crippen molar-refractivity contribution in [2.24, 2.45) is 0 Å². The maximum Gasteiger partial charge on any atom is 0.293 e. The lowest BCUT2D eigenvalue weighted by molar-refractivity contribution is -0.387. The van der Waals surface area contributed by atoms with Crippen LogP contribution in [-0.2, 0) is 10.0 Å². The largest absolute Gasteiger partial charge is 0.497 e. The molecule has 10 heteroatoms. The molecular formula is C16H17FN2O5S2. The SMILES string of the molecule is COc1ccc(S(=O)(=O)NCCCSc2ccc(F)cc2)c([N+](=O)[O-])c1. The number of nitrogens with one attached hydrogen (secondary N) is 1. The van der Waals surface area contributed by atoms with Crippen LogP contribution < -0.4 is 9.46 Å². The number of nitro benzene ring substituents is 1. The van der Waals surface area contributed by atoms with Crippen LogP contribution in [0.3, 0.4) is 0 Å². The summed E-state index contributed by atoms with van der Waals surface area (Å²) in [4.78, 5) is 10.8. The van der Waals surface area contributed by atoms with E-state index in [1.54, 1.807) is 12.1 Å². The number of sulfonamides is 1. The second-order valence-electron chi connectivity index (χ2n) is 5.14. The Morgan fingerprint density at radius 1 is 1.23 bits per heavy atom. The zero-order valence-corrected chi connectivity index (χ0v) is 15.5. The van der Waals surface area contributed by atoms with Crippen molar-refractivity contribution in [1.82, 2.24) is 4.72 Å². The predicted molar refractivity (Wildman–Crippen MR) is 96.6 cm³/mol. The summed E-state index contributed by atoms with van der Waals surface area (Å²) >= 11 is 1.46. The average molecular weight is 400 g/mol. The van der Waals surface area contributed by atoms with Crippen LogP contribution in [0.15, 0.2) is 52.3 Å². The topological polar surface area (TPSA) is 98.5 Å². The van der Waals surface area contributed by atoms with Gasteiger partial charge in [-0.25, -0.2) is 17.5 Å². The maximum atomic E-state index is 12.8. The summed E-state index contributed by atoms with van der Waals surface area (Å²) in [6, 6.07) is 9.56. The molecule has 0 saturated carbocycles. The standard InChI is InChI=1S/C16H17FN2O5S2/c1-24-13-5-8-16(15(11-13)19(20)21)26(22,23)18-9-2-10-25-14-6-3-12(17)4-7-14/h3-8,11,18H,2,9-10H2,1H3. The summed E-state index contributed by atoms with van der Waals surface area (Å²) in [5.74, 6) is 0.494. The minimum absolute atomic E-state index is 0.125. The maximum absolute atomic E-state index is 12.8. The van der Waals surface area contributed by atoms with Gasteiger partial charge in [0.15, 0.2) is 4.90 Å². The van der Waals surface area contributed by atoms with E-state index in [0.717, 1.165) is 17.0 Å². The minimum Gasteiger partial charge on any atom is -0.497 e. The molecule has 2 aromatic carbocycles. The smallest absolute Gasteiger partial charge is 0.293 e. The number of thioether (sulfide) groups is 1. The Morgan fingerprint density at radius 3 is 2.54 bits per heavy atom. The van der Waals surface area contributed by atoms with E-state index < -0.39 is 25.5 Å². The van der Waals surface area contributed by atoms with Crippen LogP contribution in [0.1, 0.15) is 6.42 Å². The van der Waals surface area contributed by atoms with Crippen molar-refractivity contribution in [3.05, 3.63) is 58.4 Å². The zero-order chi connectivity index (χ0) is 19.2. The number of methoxy groups -OCH3 is 1. The van der Waals surface area contributed by atoms with Crippen molar-refractivity contribution < 1.29 is 22.5 Å². The molecule has 0 atom stereocenters. The van der Waals surface area contributed by atoms with Gasteiger partial charge in [-0.05, 0) is 48.6 Å². The highest BCUT2D eigenvalue weighted by molar-refractivity contribution is 7.99. The molecular weight excluding hydrogens is 383 g/mol. The molecule has 2 aromatic rings. The van der Waals surface area contributed by atoms with Gasteiger partial charge in [-0.1, -0.05) is 0 Å². The zero-order valence-electron chi connectivity index (χ0n) is 13.8. The Labute approximate surface area is 154 Å². The van der Waals surface area contributed by atoms with Gasteiger partial charge in [-0.3, -0.25) is 10.1 Å². The Bertz CT molecular complexity index is 873. The third kappa shape index (κ3) is 5.41. The molecule has 2 rings (SSSR count). The number of nitro groups is 1. The summed E-state index contributed by atoms with van der Waals surface area (Å²) in [7, 11) is -2.68. The number of hydrogen-bond acceptors (Lipinski definition) is 6. The van der Waals surface area contributed by atoms with Crippen molar-refractivity contribution in [3.8, 4) is 5.75 Å². The van der Waals surface area contributed by atoms with Crippen LogP contribution in [0.4, 0.5) is 10.1 Å². The molecule has 0 fully saturated rings. The number of rotatable bonds is 9. The molecule has 0 saturated heterocycles. The normalized spacial score (nSPS) is 11.3. The summed E-state index contributed by atoms with van der Waals surface area (Å²) < 4.78 is 44.7. The Hall–Kier alpha value is -2.17. The Morgan fingerprint density at radius 2 is 1.92 bits per heavy atom. The van der Waals surface area contributed by atoms with Crippen molar-refractivity contribution in [3.63, 3.8) is 0 Å². The lowest BCUT2D eigenvalue weighted by Crippen LogP contribution is -2.25. The van der Waals surface area contributed by atoms with E-state index in [2.05, 4.69) is 4.72 Å². The Kier molecular flexibility index (Phi) is 6.95. The molecule has 0 radical (unpaired) electrons. The fraction of sp³-hybridized carbons (Fsp3) is 0.250. The number of ether oxygens (including phenoxy) is 1. The number of benzene rings is 2. The quantitative estimate of drug-likeness (QED) is 0.300. The van der Waals surface area contributed by atoms with Crippen LogP contribution >= 0.6 is 11.8 Å². The van der Waals surface area contributed by atoms with Gasteiger partial charge in [-0.2, -0.15) is 0 Å². The minimum atomic E-state index is -4.02. The molecule has 0 aliphatic carbocycles. The van der Waals surface area contributed by atoms with Gasteiger partial charge in [0.25, 0.3) is 5.69 Å². The molecule has 0 unspecified atom stereocenters. The predicted octanol–water partition coefficient (Wildman–Crippen LogP) is 3.20. The molecule has 140 valence electrons. The summed E-state index contributed by atoms with van der Waals surface area (Å²) in [6.45, 7) is 0.125. The third-order valence-corrected chi connectivity index (χ3v) is 5.95. The van der Waals surface area contributed by atoms with E-state index in [1.807, 2.05) is 0 Å². The van der Waals surface area contributed by atoms with Gasteiger partial charge in [-0.15, -0.1) is 11.8 Å². The van der Waals surface area contributed by atoms with Crippen LogP contribution in [0.2, 0.25) is 0 Å². The number of nitrogens with zero attached hydrogens (tertiary/aromatic N) is 1. The first kappa shape index (κ1) is 20.1. The van der Waals surface area contributed by atoms with Crippen LogP contribution in [0.5, 0.6) is 5.75 Å². The second-order valence-corrected chi connectivity index (χ2v) is 8.05. The number of halogens is 1. The molecule has 0 bridgehead atoms. The molecule has 0 heterocycles. The molecule has 26 heavy (non-hydrogen) atoms. The van der Waals surface area contributed by atoms with Crippen molar-refractivity contribution >= 4 is 27.5 Å². The molecule has 0 spiro atoms. The molecule has 0 aliphatic rings. The molecule has 0 aromatic heterocycles. The Balaban J connectivity index is 1.94. The van der Waals surface area contributed by atoms with Gasteiger partial charge in [0.05, 0.1) is 18.1 Å². The van der Waals surface area contributed by atoms with Gasteiger partial charge in [0.1, 0.15) is 11.6 Å². The first-order valence-electron chi connectivity index (χ1n) is 7.54. The van der Waals surface area contributed by atoms with E-state index in [1.165, 1.54) is 37.1 Å². The van der Waals surface area contributed by atoms with E-state index in [-0.39, 0.29) is 18.1 Å². The van der Waals surface area contributed by atoms with E-state index in [9.17, 15) is 22.9 Å². The van der Waals surface area contributed by atoms with Crippen molar-refractivity contribution in [2.45, 2.75) is 16.2 Å². The first-order valence-corrected chi connectivity index (χ1v) is 10.0. The van der Waals surface area contributed by atoms with Gasteiger partial charge in [0.2, 0.25) is 10.0 Å². The van der Waals surface area contributed by atoms with Gasteiger partial charge < -0.3 is 4.74 Å². The lowest BCUT2D eigenvalue weighted by atomic mass is 10.3. The highest BCUT2D eigenvalue weighted by Crippen LogP contribution is 2.28. The van der Waals surface area contributed by atoms with E-state index in [4.69, 9.17) is 4.74 Å². The molecule has 0 amide bonds. The third-order valence-electron chi connectivity index (χ3n) is 3.35. The monoisotopic (exact) mass is 400 g/mol. The van der Waals surface area contributed by atoms with E-state index in [0.29, 0.717) is 12.2 Å². The molecule has 0 aliphatic heterocycles. The van der Waals surface area contributed by atoms with E-state index >= 15 is 0 Å². The highest BCUT2D eigenvalue weighted by atomic mass is 32.2. The van der Waals surface area contributed by atoms with Crippen LogP contribution in [-0.4, -0.2) is 32.7 Å². The van der Waals surface area contributed by atoms with Crippen LogP contribution in [0.25, 0.3) is 0 Å². The van der Waals surface area contributed by atoms with Crippen LogP contribution in [0, 0.1) is 15.9 Å². The highest BCUT2D eigenvalue weighted by Gasteiger charge is 2.26. The van der Waals surface area contributed by atoms with Crippen molar-refractivity contribution in [2.75, 3.05) is 19.4 Å². The summed E-state index contributed by atoms with van der Waals surface area (Å²) in [5.41, 5.74) is -0.544. The summed E-state index contributed by atoms with van der Waals surface area (Å²) in [6.07, 6.45) is 0.505. The summed E-state index contributed by atoms with van der Waals surface area (Å²) in [5, 5.41) is 11.1. The number of hydrogen-bond donors (Lipinski definition) is 1. The van der Waals surface area contributed by atoms with Gasteiger partial charge >= 0.3 is 0 Å². The molecule has 1 N–H and O–H groups in total. The van der Waals surface area contributed by atoms with Crippen molar-refractivity contribution in [1.29, 1.82) is 0 Å². The first-order chi connectivity index (χ1) is 12.3. The average Bonchev–Trinajstić information content (AvgIpc) is 2.62. The second kappa shape index (κ2) is 8.97. The molecule has 7 nitrogen and oxygen atoms in total. The lowest BCUT2D eigenvalue weighted by Gasteiger charge is -2.08.